The topological polar surface area (TPSA) is 118 Å². The number of hydrazone groups is 1. The highest BCUT2D eigenvalue weighted by molar-refractivity contribution is 6.35. The van der Waals surface area contributed by atoms with Crippen LogP contribution < -0.4 is 25.5 Å². The van der Waals surface area contributed by atoms with Crippen LogP contribution in [0.25, 0.3) is 0 Å². The SMILES string of the molecule is COc1cccc(/C=N\NC(=O)C(=O)NCC(C)C)c1OCC(=O)NCc1ccccc1. The zero-order chi connectivity index (χ0) is 23.3. The molecule has 0 radical (unpaired) electrons. The summed E-state index contributed by atoms with van der Waals surface area (Å²) >= 11 is 0. The van der Waals surface area contributed by atoms with E-state index >= 15 is 0 Å². The number of nitrogens with one attached hydrogen (secondary N) is 3. The van der Waals surface area contributed by atoms with Gasteiger partial charge in [0.15, 0.2) is 18.1 Å². The second-order valence-electron chi connectivity index (χ2n) is 7.23. The van der Waals surface area contributed by atoms with Crippen molar-refractivity contribution in [1.29, 1.82) is 0 Å². The molecular weight excluding hydrogens is 412 g/mol. The fourth-order valence-corrected chi connectivity index (χ4v) is 2.52. The number of hydrogen-bond donors (Lipinski definition) is 3. The predicted octanol–water partition coefficient (Wildman–Crippen LogP) is 1.61. The molecule has 9 heteroatoms. The van der Waals surface area contributed by atoms with Crippen LogP contribution in [0.15, 0.2) is 53.6 Å². The zero-order valence-electron chi connectivity index (χ0n) is 18.4. The molecule has 2 aromatic carbocycles. The Morgan fingerprint density at radius 2 is 1.75 bits per heavy atom. The Morgan fingerprint density at radius 1 is 1.00 bits per heavy atom. The molecule has 0 spiro atoms. The monoisotopic (exact) mass is 440 g/mol. The fourth-order valence-electron chi connectivity index (χ4n) is 2.52. The van der Waals surface area contributed by atoms with Crippen LogP contribution in [-0.4, -0.2) is 44.2 Å². The van der Waals surface area contributed by atoms with Crippen molar-refractivity contribution in [3.05, 3.63) is 59.7 Å². The van der Waals surface area contributed by atoms with Crippen LogP contribution in [0.3, 0.4) is 0 Å². The van der Waals surface area contributed by atoms with Crippen molar-refractivity contribution >= 4 is 23.9 Å². The van der Waals surface area contributed by atoms with Crippen LogP contribution >= 0.6 is 0 Å². The number of carbonyl (C=O) groups excluding carboxylic acids is 3. The van der Waals surface area contributed by atoms with Crippen molar-refractivity contribution in [3.8, 4) is 11.5 Å². The summed E-state index contributed by atoms with van der Waals surface area (Å²) in [6.07, 6.45) is 1.31. The van der Waals surface area contributed by atoms with E-state index in [2.05, 4.69) is 21.2 Å². The molecule has 0 saturated heterocycles. The molecule has 2 rings (SSSR count). The lowest BCUT2D eigenvalue weighted by atomic mass is 10.2. The van der Waals surface area contributed by atoms with E-state index < -0.39 is 11.8 Å². The lowest BCUT2D eigenvalue weighted by Gasteiger charge is -2.13. The largest absolute Gasteiger partial charge is 0.493 e. The molecule has 0 fully saturated rings. The number of hydrogen-bond acceptors (Lipinski definition) is 6. The Kier molecular flexibility index (Phi) is 9.70. The minimum atomic E-state index is -0.882. The van der Waals surface area contributed by atoms with Gasteiger partial charge in [-0.1, -0.05) is 50.2 Å². The Bertz CT molecular complexity index is 945. The minimum Gasteiger partial charge on any atom is -0.493 e. The zero-order valence-corrected chi connectivity index (χ0v) is 18.4. The summed E-state index contributed by atoms with van der Waals surface area (Å²) in [6.45, 7) is 4.37. The minimum absolute atomic E-state index is 0.219. The van der Waals surface area contributed by atoms with E-state index in [1.54, 1.807) is 18.2 Å². The van der Waals surface area contributed by atoms with Gasteiger partial charge in [-0.3, -0.25) is 14.4 Å². The van der Waals surface area contributed by atoms with Gasteiger partial charge in [-0.05, 0) is 23.6 Å². The average molecular weight is 441 g/mol. The lowest BCUT2D eigenvalue weighted by Crippen LogP contribution is -2.39. The maximum absolute atomic E-state index is 12.2. The molecule has 0 bridgehead atoms. The molecule has 0 aliphatic rings. The number of nitrogens with zero attached hydrogens (tertiary/aromatic N) is 1. The number of methoxy groups -OCH3 is 1. The van der Waals surface area contributed by atoms with Gasteiger partial charge >= 0.3 is 11.8 Å². The quantitative estimate of drug-likeness (QED) is 0.295. The number of rotatable bonds is 10. The van der Waals surface area contributed by atoms with Gasteiger partial charge in [0.05, 0.1) is 13.3 Å². The summed E-state index contributed by atoms with van der Waals surface area (Å²) in [5.41, 5.74) is 3.60. The van der Waals surface area contributed by atoms with Gasteiger partial charge in [-0.25, -0.2) is 5.43 Å². The maximum Gasteiger partial charge on any atom is 0.329 e. The van der Waals surface area contributed by atoms with E-state index in [9.17, 15) is 14.4 Å². The Morgan fingerprint density at radius 3 is 2.44 bits per heavy atom. The van der Waals surface area contributed by atoms with Gasteiger partial charge in [0.25, 0.3) is 5.91 Å². The molecule has 0 aliphatic heterocycles. The standard InChI is InChI=1S/C23H28N4O5/c1-16(2)12-25-22(29)23(30)27-26-14-18-10-7-11-19(31-3)21(18)32-15-20(28)24-13-17-8-5-4-6-9-17/h4-11,14,16H,12-13,15H2,1-3H3,(H,24,28)(H,25,29)(H,27,30)/b26-14-. The third-order valence-electron chi connectivity index (χ3n) is 4.16. The van der Waals surface area contributed by atoms with E-state index in [0.29, 0.717) is 24.4 Å². The van der Waals surface area contributed by atoms with Crippen LogP contribution in [-0.2, 0) is 20.9 Å². The third kappa shape index (κ3) is 8.10. The predicted molar refractivity (Wildman–Crippen MR) is 120 cm³/mol. The van der Waals surface area contributed by atoms with Crippen LogP contribution in [0.5, 0.6) is 11.5 Å². The van der Waals surface area contributed by atoms with Crippen LogP contribution in [0.2, 0.25) is 0 Å². The highest BCUT2D eigenvalue weighted by Crippen LogP contribution is 2.30. The number of benzene rings is 2. The maximum atomic E-state index is 12.2. The van der Waals surface area contributed by atoms with E-state index in [0.717, 1.165) is 5.56 Å². The fraction of sp³-hybridized carbons (Fsp3) is 0.304. The summed E-state index contributed by atoms with van der Waals surface area (Å²) in [4.78, 5) is 35.7. The van der Waals surface area contributed by atoms with Crippen molar-refractivity contribution in [2.24, 2.45) is 11.0 Å². The van der Waals surface area contributed by atoms with Gasteiger partial charge in [-0.2, -0.15) is 5.10 Å². The van der Waals surface area contributed by atoms with Crippen molar-refractivity contribution in [3.63, 3.8) is 0 Å². The molecule has 0 aromatic heterocycles. The summed E-state index contributed by atoms with van der Waals surface area (Å²) in [7, 11) is 1.47. The van der Waals surface area contributed by atoms with E-state index in [4.69, 9.17) is 9.47 Å². The van der Waals surface area contributed by atoms with E-state index in [1.807, 2.05) is 44.2 Å². The molecule has 9 nitrogen and oxygen atoms in total. The molecule has 0 atom stereocenters. The molecular formula is C23H28N4O5. The highest BCUT2D eigenvalue weighted by Gasteiger charge is 2.14. The Hall–Kier alpha value is -3.88. The van der Waals surface area contributed by atoms with E-state index in [-0.39, 0.29) is 24.2 Å². The smallest absolute Gasteiger partial charge is 0.329 e. The Balaban J connectivity index is 1.96. The van der Waals surface area contributed by atoms with Crippen molar-refractivity contribution in [2.45, 2.75) is 20.4 Å². The second-order valence-corrected chi connectivity index (χ2v) is 7.23. The molecule has 170 valence electrons. The van der Waals surface area contributed by atoms with Crippen molar-refractivity contribution in [1.82, 2.24) is 16.1 Å². The number of para-hydroxylation sites is 1. The summed E-state index contributed by atoms with van der Waals surface area (Å²) in [6, 6.07) is 14.6. The summed E-state index contributed by atoms with van der Waals surface area (Å²) in [5.74, 6) is -1.06. The van der Waals surface area contributed by atoms with E-state index in [1.165, 1.54) is 13.3 Å². The van der Waals surface area contributed by atoms with Gasteiger partial charge < -0.3 is 20.1 Å². The van der Waals surface area contributed by atoms with Crippen molar-refractivity contribution < 1.29 is 23.9 Å². The average Bonchev–Trinajstić information content (AvgIpc) is 2.80. The van der Waals surface area contributed by atoms with Crippen molar-refractivity contribution in [2.75, 3.05) is 20.3 Å². The molecule has 0 heterocycles. The number of carbonyl (C=O) groups is 3. The Labute approximate surface area is 187 Å². The molecule has 0 unspecified atom stereocenters. The lowest BCUT2D eigenvalue weighted by molar-refractivity contribution is -0.139. The van der Waals surface area contributed by atoms with Crippen LogP contribution in [0, 0.1) is 5.92 Å². The second kappa shape index (κ2) is 12.7. The third-order valence-corrected chi connectivity index (χ3v) is 4.16. The molecule has 32 heavy (non-hydrogen) atoms. The summed E-state index contributed by atoms with van der Waals surface area (Å²) in [5, 5.41) is 9.09. The molecule has 3 amide bonds. The molecule has 0 saturated carbocycles. The molecule has 0 aliphatic carbocycles. The summed E-state index contributed by atoms with van der Waals surface area (Å²) < 4.78 is 11.0. The van der Waals surface area contributed by atoms with Gasteiger partial charge in [0, 0.05) is 18.7 Å². The van der Waals surface area contributed by atoms with Gasteiger partial charge in [0.1, 0.15) is 0 Å². The van der Waals surface area contributed by atoms with Crippen LogP contribution in [0.4, 0.5) is 0 Å². The van der Waals surface area contributed by atoms with Gasteiger partial charge in [0.2, 0.25) is 0 Å². The first-order chi connectivity index (χ1) is 15.4. The number of ether oxygens (including phenoxy) is 2. The first-order valence-corrected chi connectivity index (χ1v) is 10.1. The highest BCUT2D eigenvalue weighted by atomic mass is 16.5. The van der Waals surface area contributed by atoms with Crippen LogP contribution in [0.1, 0.15) is 25.0 Å². The van der Waals surface area contributed by atoms with Gasteiger partial charge in [-0.15, -0.1) is 0 Å². The first-order valence-electron chi connectivity index (χ1n) is 10.1. The first kappa shape index (κ1) is 24.4. The normalized spacial score (nSPS) is 10.6. The molecule has 2 aromatic rings. The molecule has 3 N–H and O–H groups in total. The number of amides is 3.